The van der Waals surface area contributed by atoms with Crippen molar-refractivity contribution in [2.45, 2.75) is 95.9 Å². The number of carbonyl (C=O) groups excluding carboxylic acids is 1. The summed E-state index contributed by atoms with van der Waals surface area (Å²) in [4.78, 5) is 25.3. The van der Waals surface area contributed by atoms with Crippen molar-refractivity contribution in [2.24, 2.45) is 0 Å². The van der Waals surface area contributed by atoms with Crippen molar-refractivity contribution in [3.63, 3.8) is 0 Å². The number of nitrogens with one attached hydrogen (secondary N) is 1. The minimum Gasteiger partial charge on any atom is -0.481 e. The molecule has 2 heterocycles. The molecule has 0 spiro atoms. The predicted molar refractivity (Wildman–Crippen MR) is 152 cm³/mol. The van der Waals surface area contributed by atoms with Crippen LogP contribution in [0.4, 0.5) is 0 Å². The smallest absolute Gasteiger partial charge is 0.303 e. The molecule has 0 aliphatic carbocycles. The Morgan fingerprint density at radius 2 is 1.48 bits per heavy atom. The number of hydrogen-bond acceptors (Lipinski definition) is 6. The van der Waals surface area contributed by atoms with Crippen molar-refractivity contribution in [1.29, 1.82) is 0 Å². The van der Waals surface area contributed by atoms with Crippen LogP contribution in [0.15, 0.2) is 48.5 Å². The third-order valence-corrected chi connectivity index (χ3v) is 7.81. The van der Waals surface area contributed by atoms with E-state index in [0.717, 1.165) is 67.6 Å². The maximum absolute atomic E-state index is 12.2. The highest BCUT2D eigenvalue weighted by atomic mass is 16.7. The van der Waals surface area contributed by atoms with Crippen LogP contribution in [0, 0.1) is 0 Å². The average Bonchev–Trinajstić information content (AvgIpc) is 2.98. The lowest BCUT2D eigenvalue weighted by molar-refractivity contribution is -0.253. The summed E-state index contributed by atoms with van der Waals surface area (Å²) in [6.45, 7) is 3.62. The van der Waals surface area contributed by atoms with Crippen LogP contribution in [0.25, 0.3) is 0 Å². The number of rotatable bonds is 14. The maximum Gasteiger partial charge on any atom is 0.303 e. The van der Waals surface area contributed by atoms with Crippen LogP contribution < -0.4 is 5.32 Å². The lowest BCUT2D eigenvalue weighted by Gasteiger charge is -2.39. The van der Waals surface area contributed by atoms with Crippen LogP contribution in [0.3, 0.4) is 0 Å². The first kappa shape index (κ1) is 30.2. The molecule has 4 rings (SSSR count). The molecule has 2 aromatic rings. The van der Waals surface area contributed by atoms with Crippen molar-refractivity contribution < 1.29 is 29.3 Å². The number of ether oxygens (including phenoxy) is 2. The first-order chi connectivity index (χ1) is 19.5. The third kappa shape index (κ3) is 9.70. The second-order valence-corrected chi connectivity index (χ2v) is 11.0. The van der Waals surface area contributed by atoms with Gasteiger partial charge in [-0.15, -0.1) is 0 Å². The number of carboxylic acid groups (broad SMARTS) is 1. The van der Waals surface area contributed by atoms with E-state index in [1.54, 1.807) is 0 Å². The number of likely N-dealkylation sites (tertiary alicyclic amines) is 1. The molecule has 8 nitrogen and oxygen atoms in total. The molecule has 8 heteroatoms. The lowest BCUT2D eigenvalue weighted by atomic mass is 9.99. The molecule has 2 aromatic carbocycles. The number of nitrogens with zero attached hydrogens (tertiary/aromatic N) is 1. The molecule has 2 aliphatic rings. The largest absolute Gasteiger partial charge is 0.481 e. The summed E-state index contributed by atoms with van der Waals surface area (Å²) >= 11 is 0. The molecular weight excluding hydrogens is 508 g/mol. The summed E-state index contributed by atoms with van der Waals surface area (Å²) in [5.74, 6) is -0.757. The van der Waals surface area contributed by atoms with Gasteiger partial charge >= 0.3 is 5.97 Å². The highest BCUT2D eigenvalue weighted by Gasteiger charge is 2.33. The topological polar surface area (TPSA) is 108 Å². The lowest BCUT2D eigenvalue weighted by Crippen LogP contribution is -2.41. The molecule has 2 fully saturated rings. The number of piperidine rings is 1. The van der Waals surface area contributed by atoms with Crippen LogP contribution in [0.5, 0.6) is 0 Å². The molecule has 218 valence electrons. The standard InChI is InChI=1S/C32H44N2O6/c35-23-25-12-14-26(15-13-25)29-20-28(22-34-18-6-3-7-19-34)39-32(40-29)27-16-10-24(11-17-27)21-33-30(36)8-4-1-2-5-9-31(37)38/h10-17,28-29,32,35H,1-9,18-23H2,(H,33,36)(H,37,38)/t28-,29+,32+/m1/s1. The van der Waals surface area contributed by atoms with Gasteiger partial charge < -0.3 is 29.9 Å². The monoisotopic (exact) mass is 552 g/mol. The Labute approximate surface area is 237 Å². The van der Waals surface area contributed by atoms with Crippen molar-refractivity contribution in [3.05, 3.63) is 70.8 Å². The second-order valence-electron chi connectivity index (χ2n) is 11.0. The summed E-state index contributed by atoms with van der Waals surface area (Å²) in [6.07, 6.45) is 7.82. The molecule has 0 unspecified atom stereocenters. The zero-order valence-electron chi connectivity index (χ0n) is 23.4. The molecule has 0 saturated carbocycles. The molecule has 3 N–H and O–H groups in total. The Hall–Kier alpha value is -2.78. The van der Waals surface area contributed by atoms with Gasteiger partial charge in [0.25, 0.3) is 0 Å². The highest BCUT2D eigenvalue weighted by Crippen LogP contribution is 2.38. The number of unbranched alkanes of at least 4 members (excludes halogenated alkanes) is 3. The van der Waals surface area contributed by atoms with Gasteiger partial charge in [0.2, 0.25) is 5.91 Å². The molecule has 0 radical (unpaired) electrons. The summed E-state index contributed by atoms with van der Waals surface area (Å²) in [6, 6.07) is 16.0. The number of hydrogen-bond donors (Lipinski definition) is 3. The summed E-state index contributed by atoms with van der Waals surface area (Å²) < 4.78 is 13.0. The van der Waals surface area contributed by atoms with E-state index in [1.165, 1.54) is 19.3 Å². The van der Waals surface area contributed by atoms with Gasteiger partial charge in [-0.25, -0.2) is 0 Å². The zero-order valence-corrected chi connectivity index (χ0v) is 23.4. The minimum atomic E-state index is -0.768. The zero-order chi connectivity index (χ0) is 28.2. The molecule has 1 amide bonds. The van der Waals surface area contributed by atoms with Crippen LogP contribution >= 0.6 is 0 Å². The van der Waals surface area contributed by atoms with Gasteiger partial charge in [-0.05, 0) is 55.5 Å². The summed E-state index contributed by atoms with van der Waals surface area (Å²) in [5.41, 5.74) is 3.94. The van der Waals surface area contributed by atoms with Gasteiger partial charge in [0.05, 0.1) is 18.8 Å². The fourth-order valence-corrected chi connectivity index (χ4v) is 5.46. The van der Waals surface area contributed by atoms with Crippen LogP contribution in [0.1, 0.15) is 98.9 Å². The Morgan fingerprint density at radius 1 is 0.825 bits per heavy atom. The number of amides is 1. The Kier molecular flexibility index (Phi) is 12.0. The second kappa shape index (κ2) is 15.9. The maximum atomic E-state index is 12.2. The van der Waals surface area contributed by atoms with Crippen molar-refractivity contribution >= 4 is 11.9 Å². The SMILES string of the molecule is O=C(O)CCCCCCC(=O)NCc1ccc([C@H]2O[C@@H](CN3CCCCC3)C[C@@H](c3ccc(CO)cc3)O2)cc1. The van der Waals surface area contributed by atoms with Gasteiger partial charge in [0.1, 0.15) is 0 Å². The molecular formula is C32H44N2O6. The molecule has 2 saturated heterocycles. The van der Waals surface area contributed by atoms with Crippen LogP contribution in [-0.2, 0) is 32.2 Å². The summed E-state index contributed by atoms with van der Waals surface area (Å²) in [7, 11) is 0. The van der Waals surface area contributed by atoms with Gasteiger partial charge in [-0.1, -0.05) is 67.8 Å². The first-order valence-corrected chi connectivity index (χ1v) is 14.8. The Balaban J connectivity index is 1.31. The third-order valence-electron chi connectivity index (χ3n) is 7.81. The quantitative estimate of drug-likeness (QED) is 0.275. The van der Waals surface area contributed by atoms with Crippen LogP contribution in [0.2, 0.25) is 0 Å². The Bertz CT molecular complexity index is 1050. The molecule has 2 aliphatic heterocycles. The van der Waals surface area contributed by atoms with Crippen molar-refractivity contribution in [2.75, 3.05) is 19.6 Å². The minimum absolute atomic E-state index is 0.0110. The fraction of sp³-hybridized carbons (Fsp3) is 0.562. The van der Waals surface area contributed by atoms with Gasteiger partial charge in [-0.2, -0.15) is 0 Å². The highest BCUT2D eigenvalue weighted by molar-refractivity contribution is 5.75. The van der Waals surface area contributed by atoms with E-state index >= 15 is 0 Å². The van der Waals surface area contributed by atoms with Crippen LogP contribution in [-0.4, -0.2) is 52.7 Å². The number of aliphatic hydroxyl groups is 1. The predicted octanol–water partition coefficient (Wildman–Crippen LogP) is 5.25. The molecule has 3 atom stereocenters. The van der Waals surface area contributed by atoms with Crippen molar-refractivity contribution in [3.8, 4) is 0 Å². The average molecular weight is 553 g/mol. The number of aliphatic carboxylic acids is 1. The number of aliphatic hydroxyl groups excluding tert-OH is 1. The molecule has 0 aromatic heterocycles. The van der Waals surface area contributed by atoms with E-state index in [4.69, 9.17) is 14.6 Å². The van der Waals surface area contributed by atoms with Gasteiger partial charge in [-0.3, -0.25) is 9.59 Å². The van der Waals surface area contributed by atoms with Crippen molar-refractivity contribution in [1.82, 2.24) is 10.2 Å². The number of benzene rings is 2. The normalized spacial score (nSPS) is 21.7. The van der Waals surface area contributed by atoms with E-state index in [0.29, 0.717) is 19.4 Å². The van der Waals surface area contributed by atoms with E-state index in [2.05, 4.69) is 10.2 Å². The fourth-order valence-electron chi connectivity index (χ4n) is 5.46. The molecule has 40 heavy (non-hydrogen) atoms. The van der Waals surface area contributed by atoms with E-state index < -0.39 is 12.3 Å². The summed E-state index contributed by atoms with van der Waals surface area (Å²) in [5, 5.41) is 21.1. The number of carbonyl (C=O) groups is 2. The van der Waals surface area contributed by atoms with Gasteiger partial charge in [0, 0.05) is 37.9 Å². The van der Waals surface area contributed by atoms with E-state index in [-0.39, 0.29) is 31.1 Å². The van der Waals surface area contributed by atoms with Gasteiger partial charge in [0.15, 0.2) is 6.29 Å². The number of carboxylic acids is 1. The first-order valence-electron chi connectivity index (χ1n) is 14.8. The van der Waals surface area contributed by atoms with E-state index in [9.17, 15) is 14.7 Å². The van der Waals surface area contributed by atoms with E-state index in [1.807, 2.05) is 48.5 Å². The molecule has 0 bridgehead atoms. The Morgan fingerprint density at radius 3 is 2.15 bits per heavy atom.